The Balaban J connectivity index is 1.59. The first kappa shape index (κ1) is 18.9. The van der Waals surface area contributed by atoms with E-state index in [0.717, 1.165) is 42.5 Å². The van der Waals surface area contributed by atoms with Gasteiger partial charge in [0.2, 0.25) is 0 Å². The van der Waals surface area contributed by atoms with Crippen LogP contribution in [0.3, 0.4) is 0 Å². The zero-order valence-corrected chi connectivity index (χ0v) is 17.0. The first-order valence-corrected chi connectivity index (χ1v) is 10.5. The van der Waals surface area contributed by atoms with E-state index < -0.39 is 0 Å². The number of benzene rings is 2. The van der Waals surface area contributed by atoms with Crippen molar-refractivity contribution < 1.29 is 0 Å². The Kier molecular flexibility index (Phi) is 5.58. The van der Waals surface area contributed by atoms with Gasteiger partial charge in [0.15, 0.2) is 4.77 Å². The summed E-state index contributed by atoms with van der Waals surface area (Å²) in [6.45, 7) is 2.08. The highest BCUT2D eigenvalue weighted by Gasteiger charge is 2.26. The van der Waals surface area contributed by atoms with Gasteiger partial charge in [0.25, 0.3) is 5.56 Å². The maximum Gasteiger partial charge on any atom is 0.255 e. The van der Waals surface area contributed by atoms with Crippen molar-refractivity contribution in [2.75, 3.05) is 0 Å². The molecule has 0 spiro atoms. The molecule has 3 aromatic rings. The van der Waals surface area contributed by atoms with E-state index in [1.54, 1.807) is 0 Å². The van der Waals surface area contributed by atoms with Crippen LogP contribution in [0.1, 0.15) is 65.5 Å². The van der Waals surface area contributed by atoms with Gasteiger partial charge in [-0.3, -0.25) is 9.78 Å². The Morgan fingerprint density at radius 1 is 0.929 bits per heavy atom. The molecule has 0 atom stereocenters. The van der Waals surface area contributed by atoms with Crippen molar-refractivity contribution in [3.63, 3.8) is 0 Å². The van der Waals surface area contributed by atoms with Gasteiger partial charge in [-0.15, -0.1) is 0 Å². The summed E-state index contributed by atoms with van der Waals surface area (Å²) in [4.78, 5) is 18.9. The molecule has 0 aliphatic heterocycles. The van der Waals surface area contributed by atoms with Crippen molar-refractivity contribution in [2.24, 2.45) is 0 Å². The van der Waals surface area contributed by atoms with Gasteiger partial charge in [-0.2, -0.15) is 0 Å². The molecule has 4 rings (SSSR count). The summed E-state index contributed by atoms with van der Waals surface area (Å²) < 4.78 is 0.429. The van der Waals surface area contributed by atoms with Gasteiger partial charge in [-0.05, 0) is 67.8 Å². The SMILES string of the molecule is Cc1cccc(Cc2c(=O)[nH]c(=S)[nH]c2[C@H]2CC[C@H](c3ccccc3)CC2)c1. The summed E-state index contributed by atoms with van der Waals surface area (Å²) in [6.07, 6.45) is 5.08. The van der Waals surface area contributed by atoms with Gasteiger partial charge >= 0.3 is 0 Å². The van der Waals surface area contributed by atoms with Crippen molar-refractivity contribution >= 4 is 12.2 Å². The van der Waals surface area contributed by atoms with Crippen molar-refractivity contribution in [3.05, 3.63) is 97.7 Å². The zero-order valence-electron chi connectivity index (χ0n) is 16.2. The molecule has 3 nitrogen and oxygen atoms in total. The topological polar surface area (TPSA) is 48.6 Å². The lowest BCUT2D eigenvalue weighted by Crippen LogP contribution is -2.22. The third-order valence-corrected chi connectivity index (χ3v) is 6.15. The van der Waals surface area contributed by atoms with Crippen LogP contribution in [0.25, 0.3) is 0 Å². The lowest BCUT2D eigenvalue weighted by atomic mass is 9.76. The molecule has 1 aliphatic carbocycles. The third-order valence-electron chi connectivity index (χ3n) is 5.94. The maximum absolute atomic E-state index is 12.7. The van der Waals surface area contributed by atoms with Crippen LogP contribution in [-0.2, 0) is 6.42 Å². The largest absolute Gasteiger partial charge is 0.335 e. The van der Waals surface area contributed by atoms with Gasteiger partial charge in [-0.25, -0.2) is 0 Å². The summed E-state index contributed by atoms with van der Waals surface area (Å²) in [5.74, 6) is 0.978. The second-order valence-electron chi connectivity index (χ2n) is 7.93. The number of aromatic amines is 2. The summed E-state index contributed by atoms with van der Waals surface area (Å²) in [5.41, 5.74) is 5.63. The molecule has 4 heteroatoms. The van der Waals surface area contributed by atoms with Crippen LogP contribution < -0.4 is 5.56 Å². The summed E-state index contributed by atoms with van der Waals surface area (Å²) >= 11 is 5.29. The van der Waals surface area contributed by atoms with Gasteiger partial charge in [0.1, 0.15) is 0 Å². The lowest BCUT2D eigenvalue weighted by molar-refractivity contribution is 0.389. The van der Waals surface area contributed by atoms with Crippen LogP contribution in [0.15, 0.2) is 59.4 Å². The number of aryl methyl sites for hydroxylation is 1. The molecule has 28 heavy (non-hydrogen) atoms. The smallest absolute Gasteiger partial charge is 0.255 e. The van der Waals surface area contributed by atoms with Crippen LogP contribution in [-0.4, -0.2) is 9.97 Å². The van der Waals surface area contributed by atoms with Gasteiger partial charge < -0.3 is 4.98 Å². The summed E-state index contributed by atoms with van der Waals surface area (Å²) in [5, 5.41) is 0. The molecular weight excluding hydrogens is 364 g/mol. The van der Waals surface area contributed by atoms with Gasteiger partial charge in [0, 0.05) is 17.7 Å². The number of hydrogen-bond donors (Lipinski definition) is 2. The van der Waals surface area contributed by atoms with E-state index in [1.165, 1.54) is 11.1 Å². The number of aromatic nitrogens is 2. The lowest BCUT2D eigenvalue weighted by Gasteiger charge is -2.29. The number of rotatable bonds is 4. The molecule has 0 bridgehead atoms. The Bertz CT molecular complexity index is 1060. The van der Waals surface area contributed by atoms with Gasteiger partial charge in [-0.1, -0.05) is 60.2 Å². The van der Waals surface area contributed by atoms with Crippen molar-refractivity contribution in [1.29, 1.82) is 0 Å². The molecule has 0 saturated heterocycles. The molecule has 0 amide bonds. The Hall–Kier alpha value is -2.46. The van der Waals surface area contributed by atoms with E-state index in [9.17, 15) is 4.79 Å². The first-order valence-electron chi connectivity index (χ1n) is 10.1. The van der Waals surface area contributed by atoms with E-state index in [4.69, 9.17) is 12.2 Å². The third kappa shape index (κ3) is 4.17. The number of hydrogen-bond acceptors (Lipinski definition) is 2. The average Bonchev–Trinajstić information content (AvgIpc) is 2.71. The molecule has 0 unspecified atom stereocenters. The quantitative estimate of drug-likeness (QED) is 0.555. The van der Waals surface area contributed by atoms with Crippen LogP contribution >= 0.6 is 12.2 Å². The van der Waals surface area contributed by atoms with E-state index in [1.807, 2.05) is 0 Å². The van der Waals surface area contributed by atoms with E-state index in [2.05, 4.69) is 71.5 Å². The molecule has 1 heterocycles. The van der Waals surface area contributed by atoms with Crippen LogP contribution in [0.5, 0.6) is 0 Å². The molecule has 1 aliphatic rings. The molecule has 2 aromatic carbocycles. The Morgan fingerprint density at radius 2 is 1.64 bits per heavy atom. The summed E-state index contributed by atoms with van der Waals surface area (Å²) in [6, 6.07) is 19.1. The summed E-state index contributed by atoms with van der Waals surface area (Å²) in [7, 11) is 0. The minimum Gasteiger partial charge on any atom is -0.335 e. The number of H-pyrrole nitrogens is 2. The number of nitrogens with one attached hydrogen (secondary N) is 2. The van der Waals surface area contributed by atoms with Crippen LogP contribution in [0, 0.1) is 11.7 Å². The fraction of sp³-hybridized carbons (Fsp3) is 0.333. The first-order chi connectivity index (χ1) is 13.6. The van der Waals surface area contributed by atoms with Crippen molar-refractivity contribution in [2.45, 2.75) is 50.9 Å². The molecule has 1 saturated carbocycles. The normalized spacial score (nSPS) is 19.5. The van der Waals surface area contributed by atoms with E-state index in [-0.39, 0.29) is 5.56 Å². The van der Waals surface area contributed by atoms with E-state index >= 15 is 0 Å². The second kappa shape index (κ2) is 8.27. The molecule has 1 aromatic heterocycles. The predicted octanol–water partition coefficient (Wildman–Crippen LogP) is 5.77. The maximum atomic E-state index is 12.7. The highest BCUT2D eigenvalue weighted by molar-refractivity contribution is 7.71. The molecule has 144 valence electrons. The predicted molar refractivity (Wildman–Crippen MR) is 117 cm³/mol. The second-order valence-corrected chi connectivity index (χ2v) is 8.33. The van der Waals surface area contributed by atoms with Crippen LogP contribution in [0.2, 0.25) is 0 Å². The van der Waals surface area contributed by atoms with Crippen molar-refractivity contribution in [1.82, 2.24) is 9.97 Å². The Morgan fingerprint density at radius 3 is 2.36 bits per heavy atom. The molecule has 0 radical (unpaired) electrons. The highest BCUT2D eigenvalue weighted by Crippen LogP contribution is 2.40. The fourth-order valence-electron chi connectivity index (χ4n) is 4.52. The van der Waals surface area contributed by atoms with Crippen LogP contribution in [0.4, 0.5) is 0 Å². The van der Waals surface area contributed by atoms with Crippen molar-refractivity contribution in [3.8, 4) is 0 Å². The highest BCUT2D eigenvalue weighted by atomic mass is 32.1. The minimum atomic E-state index is -0.0505. The van der Waals surface area contributed by atoms with E-state index in [0.29, 0.717) is 23.0 Å². The Labute approximate surface area is 170 Å². The van der Waals surface area contributed by atoms with Gasteiger partial charge in [0.05, 0.1) is 0 Å². The monoisotopic (exact) mass is 390 g/mol. The minimum absolute atomic E-state index is 0.0505. The zero-order chi connectivity index (χ0) is 19.5. The molecule has 1 fully saturated rings. The molecular formula is C24H26N2OS. The molecule has 2 N–H and O–H groups in total. The average molecular weight is 391 g/mol. The fourth-order valence-corrected chi connectivity index (χ4v) is 4.72. The standard InChI is InChI=1S/C24H26N2OS/c1-16-6-5-7-17(14-16)15-21-22(25-24(28)26-23(21)27)20-12-10-19(11-13-20)18-8-3-2-4-9-18/h2-9,14,19-20H,10-13,15H2,1H3,(H2,25,26,27,28)/t19-,20-.